The number of halogens is 1. The monoisotopic (exact) mass is 575 g/mol. The number of sulfone groups is 1. The van der Waals surface area contributed by atoms with Gasteiger partial charge in [0.15, 0.2) is 9.84 Å². The number of aromatic nitrogens is 2. The summed E-state index contributed by atoms with van der Waals surface area (Å²) < 4.78 is 34.0. The molecule has 0 unspecified atom stereocenters. The number of benzene rings is 2. The molecule has 2 aromatic heterocycles. The molecule has 9 nitrogen and oxygen atoms in total. The Balaban J connectivity index is 1.59. The molecule has 0 aliphatic heterocycles. The number of ether oxygens (including phenoxy) is 1. The van der Waals surface area contributed by atoms with E-state index in [1.54, 1.807) is 16.8 Å². The van der Waals surface area contributed by atoms with Crippen molar-refractivity contribution in [2.45, 2.75) is 41.8 Å². The highest BCUT2D eigenvalue weighted by Crippen LogP contribution is 2.33. The molecule has 2 heterocycles. The molecule has 200 valence electrons. The highest BCUT2D eigenvalue weighted by atomic mass is 35.5. The van der Waals surface area contributed by atoms with Gasteiger partial charge in [-0.25, -0.2) is 8.42 Å². The van der Waals surface area contributed by atoms with Crippen molar-refractivity contribution < 1.29 is 27.9 Å². The smallest absolute Gasteiger partial charge is 0.320 e. The first kappa shape index (κ1) is 27.8. The van der Waals surface area contributed by atoms with Gasteiger partial charge in [0, 0.05) is 12.8 Å². The molecule has 0 saturated heterocycles. The molecular formula is C26H26ClN3O6S2. The zero-order valence-corrected chi connectivity index (χ0v) is 22.9. The number of carbonyl (C=O) groups is 2. The van der Waals surface area contributed by atoms with E-state index in [1.165, 1.54) is 13.2 Å². The fourth-order valence-corrected chi connectivity index (χ4v) is 7.00. The average Bonchev–Trinajstić information content (AvgIpc) is 3.47. The maximum absolute atomic E-state index is 13.1. The van der Waals surface area contributed by atoms with Crippen LogP contribution in [0.3, 0.4) is 0 Å². The summed E-state index contributed by atoms with van der Waals surface area (Å²) in [4.78, 5) is 23.0. The van der Waals surface area contributed by atoms with E-state index < -0.39 is 21.8 Å². The van der Waals surface area contributed by atoms with Crippen molar-refractivity contribution in [2.24, 2.45) is 5.73 Å². The minimum atomic E-state index is -3.68. The Labute approximate surface area is 228 Å². The van der Waals surface area contributed by atoms with Crippen LogP contribution < -0.4 is 10.5 Å². The number of aryl methyl sites for hydroxylation is 1. The van der Waals surface area contributed by atoms with Gasteiger partial charge in [-0.15, -0.1) is 11.3 Å². The van der Waals surface area contributed by atoms with Crippen molar-refractivity contribution in [3.63, 3.8) is 0 Å². The molecule has 1 atom stereocenters. The normalized spacial score (nSPS) is 12.5. The molecule has 4 aromatic rings. The van der Waals surface area contributed by atoms with Crippen molar-refractivity contribution in [3.05, 3.63) is 75.8 Å². The lowest BCUT2D eigenvalue weighted by atomic mass is 10.0. The van der Waals surface area contributed by atoms with Gasteiger partial charge >= 0.3 is 5.97 Å². The van der Waals surface area contributed by atoms with Crippen LogP contribution in [0, 0.1) is 0 Å². The molecule has 2 aromatic carbocycles. The third kappa shape index (κ3) is 6.41. The number of nitrogens with zero attached hydrogens (tertiary/aromatic N) is 2. The van der Waals surface area contributed by atoms with Gasteiger partial charge in [-0.3, -0.25) is 14.3 Å². The van der Waals surface area contributed by atoms with Crippen molar-refractivity contribution in [1.82, 2.24) is 9.78 Å². The van der Waals surface area contributed by atoms with Gasteiger partial charge in [-0.05, 0) is 41.8 Å². The predicted molar refractivity (Wildman–Crippen MR) is 146 cm³/mol. The third-order valence-electron chi connectivity index (χ3n) is 6.00. The lowest BCUT2D eigenvalue weighted by molar-refractivity contribution is -0.140. The summed E-state index contributed by atoms with van der Waals surface area (Å²) in [5, 5.41) is 14.2. The van der Waals surface area contributed by atoms with E-state index in [0.717, 1.165) is 28.0 Å². The molecule has 0 radical (unpaired) electrons. The Bertz CT molecular complexity index is 1600. The fourth-order valence-electron chi connectivity index (χ4n) is 4.16. The van der Waals surface area contributed by atoms with Crippen molar-refractivity contribution in [2.75, 3.05) is 7.11 Å². The summed E-state index contributed by atoms with van der Waals surface area (Å²) >= 11 is 6.96. The Morgan fingerprint density at radius 2 is 1.89 bits per heavy atom. The lowest BCUT2D eigenvalue weighted by Crippen LogP contribution is -2.32. The molecule has 0 aliphatic carbocycles. The van der Waals surface area contributed by atoms with Crippen LogP contribution in [0.4, 0.5) is 0 Å². The van der Waals surface area contributed by atoms with E-state index in [-0.39, 0.29) is 28.6 Å². The molecule has 3 N–H and O–H groups in total. The molecule has 0 bridgehead atoms. The first-order valence-electron chi connectivity index (χ1n) is 11.7. The van der Waals surface area contributed by atoms with E-state index in [0.29, 0.717) is 34.1 Å². The lowest BCUT2D eigenvalue weighted by Gasteiger charge is -2.08. The second-order valence-corrected chi connectivity index (χ2v) is 12.7. The number of thiophene rings is 1. The van der Waals surface area contributed by atoms with Crippen LogP contribution in [-0.4, -0.2) is 48.2 Å². The largest absolute Gasteiger partial charge is 0.496 e. The molecule has 0 aliphatic rings. The topological polar surface area (TPSA) is 142 Å². The van der Waals surface area contributed by atoms with Gasteiger partial charge in [-0.2, -0.15) is 5.10 Å². The summed E-state index contributed by atoms with van der Waals surface area (Å²) in [6.07, 6.45) is 0.417. The average molecular weight is 576 g/mol. The number of carboxylic acid groups (broad SMARTS) is 1. The summed E-state index contributed by atoms with van der Waals surface area (Å²) in [6.45, 7) is 0.361. The number of aliphatic carboxylic acids is 1. The Morgan fingerprint density at radius 3 is 2.58 bits per heavy atom. The molecule has 0 spiro atoms. The summed E-state index contributed by atoms with van der Waals surface area (Å²) in [5.74, 6) is -1.20. The van der Waals surface area contributed by atoms with Crippen LogP contribution in [0.5, 0.6) is 5.75 Å². The van der Waals surface area contributed by atoms with Crippen LogP contribution >= 0.6 is 22.9 Å². The molecule has 12 heteroatoms. The zero-order valence-electron chi connectivity index (χ0n) is 20.5. The van der Waals surface area contributed by atoms with Gasteiger partial charge in [0.05, 0.1) is 34.6 Å². The standard InChI is InChI=1S/C26H26ClN3O6S2/c1-36-22-7-3-6-21-25(22)20(15-38(34,35)24-11-10-23(27)37-24)29-30(21)14-17-5-2-4-16(12-17)8-9-18(31)13-19(28)26(32)33/h2-7,10-12,19H,8-9,13-15,28H2,1H3,(H,32,33)/t19-/m0/s1. The van der Waals surface area contributed by atoms with Crippen LogP contribution in [0.2, 0.25) is 4.34 Å². The number of carbonyl (C=O) groups excluding carboxylic acids is 1. The minimum Gasteiger partial charge on any atom is -0.496 e. The van der Waals surface area contributed by atoms with Crippen LogP contribution in [0.1, 0.15) is 29.7 Å². The van der Waals surface area contributed by atoms with Crippen molar-refractivity contribution in [3.8, 4) is 5.75 Å². The second-order valence-electron chi connectivity index (χ2n) is 8.78. The van der Waals surface area contributed by atoms with Crippen molar-refractivity contribution in [1.29, 1.82) is 0 Å². The summed E-state index contributed by atoms with van der Waals surface area (Å²) in [5.41, 5.74) is 8.37. The number of Topliss-reactive ketones (excluding diaryl/α,β-unsaturated/α-hetero) is 1. The van der Waals surface area contributed by atoms with Crippen LogP contribution in [-0.2, 0) is 38.1 Å². The van der Waals surface area contributed by atoms with E-state index in [1.807, 2.05) is 36.4 Å². The highest BCUT2D eigenvalue weighted by molar-refractivity contribution is 7.92. The highest BCUT2D eigenvalue weighted by Gasteiger charge is 2.24. The van der Waals surface area contributed by atoms with E-state index >= 15 is 0 Å². The number of methoxy groups -OCH3 is 1. The van der Waals surface area contributed by atoms with Gasteiger partial charge < -0.3 is 15.6 Å². The molecule has 38 heavy (non-hydrogen) atoms. The number of ketones is 1. The first-order chi connectivity index (χ1) is 18.1. The maximum Gasteiger partial charge on any atom is 0.320 e. The number of hydrogen-bond donors (Lipinski definition) is 2. The van der Waals surface area contributed by atoms with Gasteiger partial charge in [-0.1, -0.05) is 41.9 Å². The van der Waals surface area contributed by atoms with E-state index in [4.69, 9.17) is 27.2 Å². The Kier molecular flexibility index (Phi) is 8.51. The SMILES string of the molecule is COc1cccc2c1c(CS(=O)(=O)c1ccc(Cl)s1)nn2Cc1cccc(CCC(=O)C[C@H](N)C(=O)O)c1. The van der Waals surface area contributed by atoms with Crippen LogP contribution in [0.15, 0.2) is 58.8 Å². The number of carboxylic acids is 1. The molecule has 4 rings (SSSR count). The maximum atomic E-state index is 13.1. The molecular weight excluding hydrogens is 550 g/mol. The second kappa shape index (κ2) is 11.6. The summed E-state index contributed by atoms with van der Waals surface area (Å²) in [6, 6.07) is 14.9. The Morgan fingerprint density at radius 1 is 1.16 bits per heavy atom. The fraction of sp³-hybridized carbons (Fsp3) is 0.269. The van der Waals surface area contributed by atoms with E-state index in [2.05, 4.69) is 5.10 Å². The summed E-state index contributed by atoms with van der Waals surface area (Å²) in [7, 11) is -2.15. The molecule has 0 saturated carbocycles. The van der Waals surface area contributed by atoms with Gasteiger partial charge in [0.25, 0.3) is 0 Å². The van der Waals surface area contributed by atoms with Gasteiger partial charge in [0.1, 0.15) is 27.5 Å². The number of hydrogen-bond acceptors (Lipinski definition) is 8. The Hall–Kier alpha value is -3.25. The number of nitrogens with two attached hydrogens (primary N) is 1. The third-order valence-corrected chi connectivity index (χ3v) is 9.44. The number of rotatable bonds is 12. The quantitative estimate of drug-likeness (QED) is 0.257. The number of fused-ring (bicyclic) bond motifs is 1. The van der Waals surface area contributed by atoms with Crippen LogP contribution in [0.25, 0.3) is 10.9 Å². The molecule has 0 amide bonds. The zero-order chi connectivity index (χ0) is 27.4. The van der Waals surface area contributed by atoms with E-state index in [9.17, 15) is 18.0 Å². The van der Waals surface area contributed by atoms with Gasteiger partial charge in [0.2, 0.25) is 0 Å². The minimum absolute atomic E-state index is 0.173. The molecule has 0 fully saturated rings. The first-order valence-corrected chi connectivity index (χ1v) is 14.5. The predicted octanol–water partition coefficient (Wildman–Crippen LogP) is 4.09. The van der Waals surface area contributed by atoms with Crippen molar-refractivity contribution >= 4 is 55.4 Å².